The number of ketones is 1. The Labute approximate surface area is 80.1 Å². The van der Waals surface area contributed by atoms with E-state index in [-0.39, 0.29) is 0 Å². The minimum Gasteiger partial charge on any atom is -0.382 e. The molecule has 1 fully saturated rings. The number of aliphatic hydroxyl groups is 1. The summed E-state index contributed by atoms with van der Waals surface area (Å²) < 4.78 is 35.4. The highest BCUT2D eigenvalue weighted by atomic mass is 19.4. The second-order valence-electron chi connectivity index (χ2n) is 3.78. The van der Waals surface area contributed by atoms with Crippen LogP contribution < -0.4 is 0 Å². The molecule has 14 heavy (non-hydrogen) atoms. The van der Waals surface area contributed by atoms with Gasteiger partial charge in [0.15, 0.2) is 5.78 Å². The van der Waals surface area contributed by atoms with Gasteiger partial charge in [0.2, 0.25) is 0 Å². The summed E-state index contributed by atoms with van der Waals surface area (Å²) in [6.45, 7) is 0. The van der Waals surface area contributed by atoms with Crippen LogP contribution in [-0.2, 0) is 4.79 Å². The fourth-order valence-corrected chi connectivity index (χ4v) is 1.73. The highest BCUT2D eigenvalue weighted by molar-refractivity contribution is 5.87. The van der Waals surface area contributed by atoms with E-state index in [0.29, 0.717) is 25.7 Å². The van der Waals surface area contributed by atoms with Crippen LogP contribution in [0.4, 0.5) is 13.2 Å². The van der Waals surface area contributed by atoms with E-state index in [4.69, 9.17) is 0 Å². The van der Waals surface area contributed by atoms with E-state index in [1.807, 2.05) is 0 Å². The van der Waals surface area contributed by atoms with Gasteiger partial charge in [0.1, 0.15) is 5.60 Å². The second-order valence-corrected chi connectivity index (χ2v) is 3.78. The van der Waals surface area contributed by atoms with Gasteiger partial charge in [-0.3, -0.25) is 4.79 Å². The molecule has 82 valence electrons. The van der Waals surface area contributed by atoms with Crippen molar-refractivity contribution in [2.75, 3.05) is 0 Å². The van der Waals surface area contributed by atoms with Gasteiger partial charge < -0.3 is 5.11 Å². The molecule has 0 aromatic rings. The standard InChI is InChI=1S/C9H13F3O2/c10-9(11,12)6-3-7(13)8(14)4-1-2-5-8/h14H,1-6H2. The molecule has 0 aliphatic heterocycles. The summed E-state index contributed by atoms with van der Waals surface area (Å²) in [6.07, 6.45) is -3.99. The minimum absolute atomic E-state index is 0.309. The van der Waals surface area contributed by atoms with Crippen LogP contribution in [0.25, 0.3) is 0 Å². The predicted molar refractivity (Wildman–Crippen MR) is 43.7 cm³/mol. The molecule has 1 saturated carbocycles. The lowest BCUT2D eigenvalue weighted by Gasteiger charge is -2.20. The first kappa shape index (κ1) is 11.5. The van der Waals surface area contributed by atoms with Crippen molar-refractivity contribution in [3.63, 3.8) is 0 Å². The van der Waals surface area contributed by atoms with Crippen molar-refractivity contribution in [1.82, 2.24) is 0 Å². The Morgan fingerprint density at radius 3 is 2.21 bits per heavy atom. The lowest BCUT2D eigenvalue weighted by molar-refractivity contribution is -0.151. The summed E-state index contributed by atoms with van der Waals surface area (Å²) in [4.78, 5) is 11.3. The maximum Gasteiger partial charge on any atom is 0.389 e. The van der Waals surface area contributed by atoms with Crippen molar-refractivity contribution < 1.29 is 23.1 Å². The monoisotopic (exact) mass is 210 g/mol. The minimum atomic E-state index is -4.31. The van der Waals surface area contributed by atoms with E-state index in [1.165, 1.54) is 0 Å². The molecule has 0 unspecified atom stereocenters. The van der Waals surface area contributed by atoms with E-state index in [2.05, 4.69) is 0 Å². The fourth-order valence-electron chi connectivity index (χ4n) is 1.73. The van der Waals surface area contributed by atoms with Crippen molar-refractivity contribution in [3.05, 3.63) is 0 Å². The first-order valence-corrected chi connectivity index (χ1v) is 4.66. The van der Waals surface area contributed by atoms with Crippen molar-refractivity contribution in [2.24, 2.45) is 0 Å². The van der Waals surface area contributed by atoms with Crippen LogP contribution in [0.3, 0.4) is 0 Å². The van der Waals surface area contributed by atoms with Crippen LogP contribution in [0.5, 0.6) is 0 Å². The average Bonchev–Trinajstić information content (AvgIpc) is 2.48. The van der Waals surface area contributed by atoms with Crippen molar-refractivity contribution in [1.29, 1.82) is 0 Å². The highest BCUT2D eigenvalue weighted by Gasteiger charge is 2.40. The number of carbonyl (C=O) groups excluding carboxylic acids is 1. The van der Waals surface area contributed by atoms with Crippen molar-refractivity contribution >= 4 is 5.78 Å². The fraction of sp³-hybridized carbons (Fsp3) is 0.889. The number of alkyl halides is 3. The van der Waals surface area contributed by atoms with Gasteiger partial charge >= 0.3 is 6.18 Å². The average molecular weight is 210 g/mol. The quantitative estimate of drug-likeness (QED) is 0.775. The molecule has 1 aliphatic rings. The number of halogens is 3. The lowest BCUT2D eigenvalue weighted by atomic mass is 9.93. The van der Waals surface area contributed by atoms with Gasteiger partial charge in [0.25, 0.3) is 0 Å². The summed E-state index contributed by atoms with van der Waals surface area (Å²) >= 11 is 0. The van der Waals surface area contributed by atoms with Crippen LogP contribution in [0.1, 0.15) is 38.5 Å². The maximum absolute atomic E-state index is 11.8. The molecule has 2 nitrogen and oxygen atoms in total. The van der Waals surface area contributed by atoms with Crippen molar-refractivity contribution in [2.45, 2.75) is 50.3 Å². The van der Waals surface area contributed by atoms with Gasteiger partial charge in [-0.1, -0.05) is 0 Å². The normalized spacial score (nSPS) is 21.1. The third-order valence-corrected chi connectivity index (χ3v) is 2.59. The van der Waals surface area contributed by atoms with Crippen LogP contribution in [0, 0.1) is 0 Å². The molecule has 0 heterocycles. The van der Waals surface area contributed by atoms with E-state index >= 15 is 0 Å². The zero-order chi connectivity index (χ0) is 10.8. The third kappa shape index (κ3) is 2.97. The van der Waals surface area contributed by atoms with Crippen molar-refractivity contribution in [3.8, 4) is 0 Å². The SMILES string of the molecule is O=C(CCC(F)(F)F)C1(O)CCCC1. The molecule has 1 rings (SSSR count). The van der Waals surface area contributed by atoms with Gasteiger partial charge in [-0.15, -0.1) is 0 Å². The topological polar surface area (TPSA) is 37.3 Å². The Morgan fingerprint density at radius 2 is 1.79 bits per heavy atom. The Kier molecular flexibility index (Phi) is 3.19. The van der Waals surface area contributed by atoms with Gasteiger partial charge in [0.05, 0.1) is 6.42 Å². The molecule has 0 amide bonds. The smallest absolute Gasteiger partial charge is 0.382 e. The number of hydrogen-bond acceptors (Lipinski definition) is 2. The zero-order valence-corrected chi connectivity index (χ0v) is 7.73. The first-order chi connectivity index (χ1) is 6.33. The molecule has 0 radical (unpaired) electrons. The molecule has 5 heteroatoms. The molecular weight excluding hydrogens is 197 g/mol. The molecule has 0 bridgehead atoms. The Balaban J connectivity index is 2.42. The molecular formula is C9H13F3O2. The molecule has 1 aliphatic carbocycles. The van der Waals surface area contributed by atoms with E-state index in [9.17, 15) is 23.1 Å². The molecule has 0 saturated heterocycles. The van der Waals surface area contributed by atoms with Crippen LogP contribution in [-0.4, -0.2) is 22.7 Å². The second kappa shape index (κ2) is 3.88. The largest absolute Gasteiger partial charge is 0.389 e. The molecule has 0 atom stereocenters. The molecule has 1 N–H and O–H groups in total. The summed E-state index contributed by atoms with van der Waals surface area (Å²) in [5, 5.41) is 9.64. The number of Topliss-reactive ketones (excluding diaryl/α,β-unsaturated/α-hetero) is 1. The van der Waals surface area contributed by atoms with Gasteiger partial charge in [-0.05, 0) is 25.7 Å². The van der Waals surface area contributed by atoms with Gasteiger partial charge in [-0.25, -0.2) is 0 Å². The number of carbonyl (C=O) groups is 1. The Morgan fingerprint density at radius 1 is 1.29 bits per heavy atom. The maximum atomic E-state index is 11.8. The summed E-state index contributed by atoms with van der Waals surface area (Å²) in [5.74, 6) is -0.660. The zero-order valence-electron chi connectivity index (χ0n) is 7.73. The first-order valence-electron chi connectivity index (χ1n) is 4.66. The molecule has 0 spiro atoms. The highest BCUT2D eigenvalue weighted by Crippen LogP contribution is 2.33. The number of rotatable bonds is 3. The summed E-state index contributed by atoms with van der Waals surface area (Å²) in [5.41, 5.74) is -1.47. The molecule has 0 aromatic carbocycles. The van der Waals surface area contributed by atoms with Crippen LogP contribution >= 0.6 is 0 Å². The van der Waals surface area contributed by atoms with E-state index in [1.54, 1.807) is 0 Å². The Hall–Kier alpha value is -0.580. The summed E-state index contributed by atoms with van der Waals surface area (Å²) in [6, 6.07) is 0. The molecule has 0 aromatic heterocycles. The van der Waals surface area contributed by atoms with Gasteiger partial charge in [-0.2, -0.15) is 13.2 Å². The van der Waals surface area contributed by atoms with E-state index < -0.39 is 30.4 Å². The van der Waals surface area contributed by atoms with Crippen LogP contribution in [0.2, 0.25) is 0 Å². The Bertz CT molecular complexity index is 217. The van der Waals surface area contributed by atoms with E-state index in [0.717, 1.165) is 0 Å². The van der Waals surface area contributed by atoms with Crippen LogP contribution in [0.15, 0.2) is 0 Å². The third-order valence-electron chi connectivity index (χ3n) is 2.59. The summed E-state index contributed by atoms with van der Waals surface area (Å²) in [7, 11) is 0. The predicted octanol–water partition coefficient (Wildman–Crippen LogP) is 2.20. The number of hydrogen-bond donors (Lipinski definition) is 1. The lowest BCUT2D eigenvalue weighted by Crippen LogP contribution is -2.35. The van der Waals surface area contributed by atoms with Gasteiger partial charge in [0, 0.05) is 6.42 Å².